The molecule has 5 heteroatoms. The number of amides is 1. The van der Waals surface area contributed by atoms with E-state index in [1.807, 2.05) is 20.8 Å². The summed E-state index contributed by atoms with van der Waals surface area (Å²) in [5, 5.41) is 12.1. The number of aliphatic hydroxyl groups is 1. The quantitative estimate of drug-likeness (QED) is 0.730. The van der Waals surface area contributed by atoms with E-state index < -0.39 is 5.60 Å². The van der Waals surface area contributed by atoms with Gasteiger partial charge in [-0.05, 0) is 40.0 Å². The molecule has 0 spiro atoms. The summed E-state index contributed by atoms with van der Waals surface area (Å²) in [4.78, 5) is 12.0. The van der Waals surface area contributed by atoms with Crippen LogP contribution in [0.15, 0.2) is 0 Å². The van der Waals surface area contributed by atoms with Crippen LogP contribution in [0.5, 0.6) is 0 Å². The van der Waals surface area contributed by atoms with Gasteiger partial charge in [0.2, 0.25) is 0 Å². The topological polar surface area (TPSA) is 84.6 Å². The van der Waals surface area contributed by atoms with Crippen molar-refractivity contribution in [1.82, 2.24) is 5.32 Å². The van der Waals surface area contributed by atoms with Gasteiger partial charge in [0.05, 0.1) is 6.61 Å². The van der Waals surface area contributed by atoms with Gasteiger partial charge in [-0.25, -0.2) is 4.79 Å². The standard InChI is InChI=1S/C14H28N2O3/c1-13(2,3)19-12(18)16-14(9-11(15)10-17)7-5-4-6-8-14/h11,17H,4-10,15H2,1-3H3,(H,16,18). The lowest BCUT2D eigenvalue weighted by molar-refractivity contribution is 0.0402. The Morgan fingerprint density at radius 2 is 1.95 bits per heavy atom. The molecule has 0 aromatic rings. The number of carbonyl (C=O) groups excluding carboxylic acids is 1. The first-order chi connectivity index (χ1) is 8.76. The van der Waals surface area contributed by atoms with Gasteiger partial charge in [-0.1, -0.05) is 19.3 Å². The SMILES string of the molecule is CC(C)(C)OC(=O)NC1(CC(N)CO)CCCCC1. The van der Waals surface area contributed by atoms with Crippen molar-refractivity contribution in [3.8, 4) is 0 Å². The highest BCUT2D eigenvalue weighted by Crippen LogP contribution is 2.32. The lowest BCUT2D eigenvalue weighted by atomic mass is 9.77. The molecule has 0 aromatic carbocycles. The number of hydrogen-bond donors (Lipinski definition) is 3. The number of nitrogens with one attached hydrogen (secondary N) is 1. The van der Waals surface area contributed by atoms with Crippen molar-refractivity contribution in [2.75, 3.05) is 6.61 Å². The number of nitrogens with two attached hydrogens (primary N) is 1. The second kappa shape index (κ2) is 6.57. The van der Waals surface area contributed by atoms with Gasteiger partial charge in [-0.2, -0.15) is 0 Å². The van der Waals surface area contributed by atoms with E-state index in [-0.39, 0.29) is 24.3 Å². The van der Waals surface area contributed by atoms with Gasteiger partial charge >= 0.3 is 6.09 Å². The van der Waals surface area contributed by atoms with Crippen LogP contribution in [0.4, 0.5) is 4.79 Å². The maximum atomic E-state index is 12.0. The molecule has 1 amide bonds. The van der Waals surface area contributed by atoms with Crippen LogP contribution < -0.4 is 11.1 Å². The van der Waals surface area contributed by atoms with Crippen LogP contribution in [0, 0.1) is 0 Å². The van der Waals surface area contributed by atoms with Crippen molar-refractivity contribution < 1.29 is 14.6 Å². The van der Waals surface area contributed by atoms with Crippen molar-refractivity contribution in [3.05, 3.63) is 0 Å². The van der Waals surface area contributed by atoms with Gasteiger partial charge in [-0.15, -0.1) is 0 Å². The highest BCUT2D eigenvalue weighted by molar-refractivity contribution is 5.68. The Morgan fingerprint density at radius 1 is 1.37 bits per heavy atom. The van der Waals surface area contributed by atoms with E-state index in [1.165, 1.54) is 6.42 Å². The first-order valence-electron chi connectivity index (χ1n) is 7.14. The number of rotatable bonds is 4. The molecule has 0 aromatic heterocycles. The predicted octanol–water partition coefficient (Wildman–Crippen LogP) is 1.92. The first kappa shape index (κ1) is 16.2. The molecule has 1 atom stereocenters. The molecular formula is C14H28N2O3. The Kier molecular flexibility index (Phi) is 5.62. The number of hydrogen-bond acceptors (Lipinski definition) is 4. The van der Waals surface area contributed by atoms with E-state index >= 15 is 0 Å². The molecule has 1 unspecified atom stereocenters. The van der Waals surface area contributed by atoms with Gasteiger partial charge in [0, 0.05) is 11.6 Å². The number of carbonyl (C=O) groups is 1. The van der Waals surface area contributed by atoms with E-state index in [0.717, 1.165) is 25.7 Å². The summed E-state index contributed by atoms with van der Waals surface area (Å²) < 4.78 is 5.33. The van der Waals surface area contributed by atoms with Gasteiger partial charge in [0.25, 0.3) is 0 Å². The largest absolute Gasteiger partial charge is 0.444 e. The molecule has 1 saturated carbocycles. The molecule has 0 saturated heterocycles. The van der Waals surface area contributed by atoms with Crippen molar-refractivity contribution in [2.45, 2.75) is 76.5 Å². The maximum absolute atomic E-state index is 12.0. The van der Waals surface area contributed by atoms with Gasteiger partial charge in [-0.3, -0.25) is 0 Å². The fraction of sp³-hybridized carbons (Fsp3) is 0.929. The van der Waals surface area contributed by atoms with E-state index in [1.54, 1.807) is 0 Å². The van der Waals surface area contributed by atoms with E-state index in [2.05, 4.69) is 5.32 Å². The molecule has 4 N–H and O–H groups in total. The molecule has 0 aliphatic heterocycles. The number of alkyl carbamates (subject to hydrolysis) is 1. The average Bonchev–Trinajstić information content (AvgIpc) is 2.26. The van der Waals surface area contributed by atoms with E-state index in [4.69, 9.17) is 15.6 Å². The molecule has 5 nitrogen and oxygen atoms in total. The summed E-state index contributed by atoms with van der Waals surface area (Å²) in [5.41, 5.74) is 5.03. The third-order valence-electron chi connectivity index (χ3n) is 3.46. The van der Waals surface area contributed by atoms with Crippen LogP contribution in [0.25, 0.3) is 0 Å². The molecule has 0 radical (unpaired) electrons. The van der Waals surface area contributed by atoms with Gasteiger partial charge in [0.1, 0.15) is 5.60 Å². The maximum Gasteiger partial charge on any atom is 0.408 e. The smallest absolute Gasteiger partial charge is 0.408 e. The Bertz CT molecular complexity index is 294. The zero-order valence-electron chi connectivity index (χ0n) is 12.4. The Balaban J connectivity index is 2.66. The average molecular weight is 272 g/mol. The van der Waals surface area contributed by atoms with Crippen LogP contribution in [0.1, 0.15) is 59.3 Å². The first-order valence-corrected chi connectivity index (χ1v) is 7.14. The highest BCUT2D eigenvalue weighted by Gasteiger charge is 2.36. The summed E-state index contributed by atoms with van der Waals surface area (Å²) in [5.74, 6) is 0. The minimum absolute atomic E-state index is 0.0578. The van der Waals surface area contributed by atoms with Crippen LogP contribution in [-0.4, -0.2) is 35.0 Å². The van der Waals surface area contributed by atoms with Crippen molar-refractivity contribution in [2.24, 2.45) is 5.73 Å². The molecule has 112 valence electrons. The monoisotopic (exact) mass is 272 g/mol. The normalized spacial score (nSPS) is 20.7. The van der Waals surface area contributed by atoms with Gasteiger partial charge in [0.15, 0.2) is 0 Å². The third kappa shape index (κ3) is 5.78. The van der Waals surface area contributed by atoms with Crippen molar-refractivity contribution in [1.29, 1.82) is 0 Å². The van der Waals surface area contributed by atoms with Crippen LogP contribution in [-0.2, 0) is 4.74 Å². The molecule has 0 heterocycles. The van der Waals surface area contributed by atoms with Crippen LogP contribution in [0.2, 0.25) is 0 Å². The second-order valence-corrected chi connectivity index (χ2v) is 6.61. The summed E-state index contributed by atoms with van der Waals surface area (Å²) in [6.07, 6.45) is 5.36. The van der Waals surface area contributed by atoms with Crippen molar-refractivity contribution in [3.63, 3.8) is 0 Å². The summed E-state index contributed by atoms with van der Waals surface area (Å²) >= 11 is 0. The lowest BCUT2D eigenvalue weighted by Gasteiger charge is -2.40. The molecule has 1 aliphatic rings. The highest BCUT2D eigenvalue weighted by atomic mass is 16.6. The molecule has 0 bridgehead atoms. The van der Waals surface area contributed by atoms with Crippen molar-refractivity contribution >= 4 is 6.09 Å². The number of aliphatic hydroxyl groups excluding tert-OH is 1. The third-order valence-corrected chi connectivity index (χ3v) is 3.46. The summed E-state index contributed by atoms with van der Waals surface area (Å²) in [6.45, 7) is 5.48. The van der Waals surface area contributed by atoms with Gasteiger partial charge < -0.3 is 20.9 Å². The molecule has 1 fully saturated rings. The van der Waals surface area contributed by atoms with E-state index in [9.17, 15) is 4.79 Å². The molecular weight excluding hydrogens is 244 g/mol. The molecule has 1 rings (SSSR count). The minimum Gasteiger partial charge on any atom is -0.444 e. The number of ether oxygens (including phenoxy) is 1. The van der Waals surface area contributed by atoms with Crippen LogP contribution in [0.3, 0.4) is 0 Å². The fourth-order valence-electron chi connectivity index (χ4n) is 2.70. The molecule has 1 aliphatic carbocycles. The van der Waals surface area contributed by atoms with E-state index in [0.29, 0.717) is 6.42 Å². The fourth-order valence-corrected chi connectivity index (χ4v) is 2.70. The lowest BCUT2D eigenvalue weighted by Crippen LogP contribution is -2.54. The second-order valence-electron chi connectivity index (χ2n) is 6.61. The minimum atomic E-state index is -0.501. The summed E-state index contributed by atoms with van der Waals surface area (Å²) in [6, 6.07) is -0.298. The molecule has 19 heavy (non-hydrogen) atoms. The summed E-state index contributed by atoms with van der Waals surface area (Å²) in [7, 11) is 0. The Morgan fingerprint density at radius 3 is 2.42 bits per heavy atom. The zero-order chi connectivity index (χ0) is 14.5. The Hall–Kier alpha value is -0.810. The Labute approximate surface area is 115 Å². The zero-order valence-corrected chi connectivity index (χ0v) is 12.4. The van der Waals surface area contributed by atoms with Crippen LogP contribution >= 0.6 is 0 Å². The predicted molar refractivity (Wildman–Crippen MR) is 74.9 cm³/mol.